The second kappa shape index (κ2) is 9.89. The van der Waals surface area contributed by atoms with Crippen molar-refractivity contribution < 1.29 is 19.5 Å². The van der Waals surface area contributed by atoms with Gasteiger partial charge >= 0.3 is 12.0 Å². The number of nitrogens with zero attached hydrogens (tertiary/aromatic N) is 1. The summed E-state index contributed by atoms with van der Waals surface area (Å²) in [4.78, 5) is 40.0. The first-order chi connectivity index (χ1) is 13.9. The number of aliphatic carboxylic acids is 1. The summed E-state index contributed by atoms with van der Waals surface area (Å²) in [5.41, 5.74) is 2.02. The summed E-state index contributed by atoms with van der Waals surface area (Å²) in [7, 11) is 0. The molecular weight excluding hydrogens is 410 g/mol. The van der Waals surface area contributed by atoms with Gasteiger partial charge in [-0.25, -0.2) is 9.78 Å². The third-order valence-corrected chi connectivity index (χ3v) is 6.79. The number of amides is 2. The van der Waals surface area contributed by atoms with Gasteiger partial charge in [-0.15, -0.1) is 11.8 Å². The molecule has 0 unspecified atom stereocenters. The van der Waals surface area contributed by atoms with Crippen molar-refractivity contribution in [3.8, 4) is 0 Å². The molecule has 1 aliphatic rings. The first-order valence-corrected chi connectivity index (χ1v) is 11.3. The van der Waals surface area contributed by atoms with Gasteiger partial charge in [0.05, 0.1) is 22.5 Å². The average Bonchev–Trinajstić information content (AvgIpc) is 3.34. The van der Waals surface area contributed by atoms with Gasteiger partial charge in [-0.3, -0.25) is 14.9 Å². The molecule has 0 spiro atoms. The molecule has 0 aliphatic heterocycles. The van der Waals surface area contributed by atoms with Crippen molar-refractivity contribution in [2.24, 2.45) is 5.92 Å². The molecular formula is C20H23N3O4S2. The molecule has 1 saturated carbocycles. The molecule has 3 N–H and O–H groups in total. The van der Waals surface area contributed by atoms with E-state index in [1.165, 1.54) is 23.1 Å². The van der Waals surface area contributed by atoms with Crippen LogP contribution in [0.3, 0.4) is 0 Å². The summed E-state index contributed by atoms with van der Waals surface area (Å²) in [5.74, 6) is -0.280. The monoisotopic (exact) mass is 433 g/mol. The van der Waals surface area contributed by atoms with Gasteiger partial charge in [0, 0.05) is 17.2 Å². The minimum Gasteiger partial charge on any atom is -0.481 e. The molecule has 0 radical (unpaired) electrons. The average molecular weight is 434 g/mol. The number of rotatable bonds is 8. The SMILES string of the molecule is Cc1ccc(NC(=O)Nc2ncc(SCCC(=O)O)s2)c(C(=O)C2CCCC2)c1. The van der Waals surface area contributed by atoms with Crippen molar-refractivity contribution in [1.82, 2.24) is 4.98 Å². The Bertz CT molecular complexity index is 907. The minimum absolute atomic E-state index is 0.0322. The maximum atomic E-state index is 12.9. The Balaban J connectivity index is 1.63. The lowest BCUT2D eigenvalue weighted by atomic mass is 9.94. The summed E-state index contributed by atoms with van der Waals surface area (Å²) in [6.45, 7) is 1.93. The molecule has 1 aliphatic carbocycles. The van der Waals surface area contributed by atoms with Gasteiger partial charge in [0.15, 0.2) is 10.9 Å². The Hall–Kier alpha value is -2.39. The van der Waals surface area contributed by atoms with Crippen LogP contribution in [0.4, 0.5) is 15.6 Å². The fourth-order valence-electron chi connectivity index (χ4n) is 3.25. The normalized spacial score (nSPS) is 14.0. The molecule has 0 bridgehead atoms. The standard InChI is InChI=1S/C20H23N3O4S2/c1-12-6-7-15(14(10-12)18(26)13-4-2-3-5-13)22-19(27)23-20-21-11-17(29-20)28-9-8-16(24)25/h6-7,10-11,13H,2-5,8-9H2,1H3,(H,24,25)(H2,21,22,23,27). The largest absolute Gasteiger partial charge is 0.481 e. The van der Waals surface area contributed by atoms with Crippen LogP contribution < -0.4 is 10.6 Å². The third kappa shape index (κ3) is 6.04. The molecule has 1 aromatic carbocycles. The highest BCUT2D eigenvalue weighted by atomic mass is 32.2. The topological polar surface area (TPSA) is 108 Å². The highest BCUT2D eigenvalue weighted by Gasteiger charge is 2.26. The van der Waals surface area contributed by atoms with Gasteiger partial charge in [0.1, 0.15) is 0 Å². The van der Waals surface area contributed by atoms with Crippen molar-refractivity contribution in [2.45, 2.75) is 43.2 Å². The first-order valence-electron chi connectivity index (χ1n) is 9.45. The van der Waals surface area contributed by atoms with Crippen LogP contribution in [0.15, 0.2) is 28.6 Å². The summed E-state index contributed by atoms with van der Waals surface area (Å²) >= 11 is 2.66. The zero-order chi connectivity index (χ0) is 20.8. The van der Waals surface area contributed by atoms with Gasteiger partial charge in [-0.2, -0.15) is 0 Å². The third-order valence-electron chi connectivity index (χ3n) is 4.68. The van der Waals surface area contributed by atoms with E-state index < -0.39 is 12.0 Å². The van der Waals surface area contributed by atoms with Crippen LogP contribution >= 0.6 is 23.1 Å². The lowest BCUT2D eigenvalue weighted by Gasteiger charge is -2.14. The van der Waals surface area contributed by atoms with Gasteiger partial charge < -0.3 is 10.4 Å². The van der Waals surface area contributed by atoms with Crippen LogP contribution in [0.2, 0.25) is 0 Å². The fraction of sp³-hybridized carbons (Fsp3) is 0.400. The maximum absolute atomic E-state index is 12.9. The van der Waals surface area contributed by atoms with E-state index in [1.54, 1.807) is 12.3 Å². The molecule has 1 fully saturated rings. The Morgan fingerprint density at radius 3 is 2.72 bits per heavy atom. The van der Waals surface area contributed by atoms with Crippen molar-refractivity contribution in [3.63, 3.8) is 0 Å². The lowest BCUT2D eigenvalue weighted by molar-refractivity contribution is -0.136. The predicted molar refractivity (Wildman–Crippen MR) is 115 cm³/mol. The number of carboxylic acids is 1. The summed E-state index contributed by atoms with van der Waals surface area (Å²) in [5, 5.41) is 14.5. The van der Waals surface area contributed by atoms with Crippen molar-refractivity contribution in [2.75, 3.05) is 16.4 Å². The van der Waals surface area contributed by atoms with E-state index in [4.69, 9.17) is 5.11 Å². The number of carbonyl (C=O) groups excluding carboxylic acids is 2. The Morgan fingerprint density at radius 2 is 2.00 bits per heavy atom. The summed E-state index contributed by atoms with van der Waals surface area (Å²) < 4.78 is 0.828. The number of aromatic nitrogens is 1. The number of carboxylic acid groups (broad SMARTS) is 1. The number of Topliss-reactive ketones (excluding diaryl/α,β-unsaturated/α-hetero) is 1. The first kappa shape index (κ1) is 21.3. The Kier molecular flexibility index (Phi) is 7.27. The molecule has 2 aromatic rings. The van der Waals surface area contributed by atoms with E-state index in [9.17, 15) is 14.4 Å². The number of thioether (sulfide) groups is 1. The molecule has 0 atom stereocenters. The summed E-state index contributed by atoms with van der Waals surface area (Å²) in [6, 6.07) is 4.98. The molecule has 9 heteroatoms. The quantitative estimate of drug-likeness (QED) is 0.398. The highest BCUT2D eigenvalue weighted by molar-refractivity contribution is 8.01. The number of ketones is 1. The van der Waals surface area contributed by atoms with Crippen molar-refractivity contribution in [3.05, 3.63) is 35.5 Å². The molecule has 154 valence electrons. The molecule has 29 heavy (non-hydrogen) atoms. The molecule has 0 saturated heterocycles. The second-order valence-corrected chi connectivity index (χ2v) is 9.38. The van der Waals surface area contributed by atoms with E-state index in [2.05, 4.69) is 15.6 Å². The van der Waals surface area contributed by atoms with Crippen molar-refractivity contribution >= 4 is 51.7 Å². The molecule has 1 heterocycles. The van der Waals surface area contributed by atoms with Gasteiger partial charge in [-0.1, -0.05) is 35.8 Å². The van der Waals surface area contributed by atoms with Crippen LogP contribution in [0.25, 0.3) is 0 Å². The fourth-order valence-corrected chi connectivity index (χ4v) is 5.13. The van der Waals surface area contributed by atoms with E-state index in [0.29, 0.717) is 22.1 Å². The molecule has 2 amide bonds. The second-order valence-electron chi connectivity index (χ2n) is 6.95. The number of aryl methyl sites for hydroxylation is 1. The van der Waals surface area contributed by atoms with Gasteiger partial charge in [0.25, 0.3) is 0 Å². The highest BCUT2D eigenvalue weighted by Crippen LogP contribution is 2.31. The van der Waals surface area contributed by atoms with E-state index in [-0.39, 0.29) is 18.1 Å². The number of nitrogens with one attached hydrogen (secondary N) is 2. The number of anilines is 2. The number of thiazole rings is 1. The lowest BCUT2D eigenvalue weighted by Crippen LogP contribution is -2.22. The zero-order valence-electron chi connectivity index (χ0n) is 16.1. The molecule has 7 nitrogen and oxygen atoms in total. The Morgan fingerprint density at radius 1 is 1.24 bits per heavy atom. The Labute approximate surface area is 177 Å². The zero-order valence-corrected chi connectivity index (χ0v) is 17.7. The number of carbonyl (C=O) groups is 3. The maximum Gasteiger partial charge on any atom is 0.325 e. The van der Waals surface area contributed by atoms with Crippen LogP contribution in [-0.2, 0) is 4.79 Å². The van der Waals surface area contributed by atoms with E-state index >= 15 is 0 Å². The summed E-state index contributed by atoms with van der Waals surface area (Å²) in [6.07, 6.45) is 5.62. The number of urea groups is 1. The number of benzene rings is 1. The van der Waals surface area contributed by atoms with Crippen LogP contribution in [0, 0.1) is 12.8 Å². The van der Waals surface area contributed by atoms with Crippen LogP contribution in [0.1, 0.15) is 48.0 Å². The van der Waals surface area contributed by atoms with E-state index in [1.807, 2.05) is 19.1 Å². The molecule has 1 aromatic heterocycles. The smallest absolute Gasteiger partial charge is 0.325 e. The van der Waals surface area contributed by atoms with E-state index in [0.717, 1.165) is 35.5 Å². The van der Waals surface area contributed by atoms with Crippen LogP contribution in [0.5, 0.6) is 0 Å². The van der Waals surface area contributed by atoms with Gasteiger partial charge in [0.2, 0.25) is 0 Å². The van der Waals surface area contributed by atoms with Crippen molar-refractivity contribution in [1.29, 1.82) is 0 Å². The number of hydrogen-bond donors (Lipinski definition) is 3. The number of hydrogen-bond acceptors (Lipinski definition) is 6. The van der Waals surface area contributed by atoms with Gasteiger partial charge in [-0.05, 0) is 31.9 Å². The molecule has 3 rings (SSSR count). The predicted octanol–water partition coefficient (Wildman–Crippen LogP) is 5.04. The minimum atomic E-state index is -0.846. The van der Waals surface area contributed by atoms with Crippen LogP contribution in [-0.4, -0.2) is 33.6 Å².